The van der Waals surface area contributed by atoms with E-state index in [1.807, 2.05) is 0 Å². The van der Waals surface area contributed by atoms with Crippen LogP contribution in [0.25, 0.3) is 0 Å². The van der Waals surface area contributed by atoms with Crippen molar-refractivity contribution in [3.05, 3.63) is 84.7 Å². The minimum Gasteiger partial charge on any atom is -0.484 e. The molecule has 1 fully saturated rings. The molecule has 0 atom stereocenters. The third-order valence-corrected chi connectivity index (χ3v) is 7.96. The highest BCUT2D eigenvalue weighted by Gasteiger charge is 2.27. The first kappa shape index (κ1) is 27.8. The molecule has 1 heterocycles. The van der Waals surface area contributed by atoms with Gasteiger partial charge in [0.15, 0.2) is 6.61 Å². The van der Waals surface area contributed by atoms with Crippen molar-refractivity contribution in [2.45, 2.75) is 43.0 Å². The number of carbonyl (C=O) groups is 2. The second-order valence-corrected chi connectivity index (χ2v) is 11.0. The van der Waals surface area contributed by atoms with Gasteiger partial charge in [-0.15, -0.1) is 0 Å². The number of ether oxygens (including phenoxy) is 1. The van der Waals surface area contributed by atoms with Gasteiger partial charge in [0.05, 0.1) is 23.0 Å². The molecule has 0 bridgehead atoms. The van der Waals surface area contributed by atoms with Gasteiger partial charge in [-0.3, -0.25) is 18.9 Å². The van der Waals surface area contributed by atoms with Gasteiger partial charge in [-0.2, -0.15) is 5.10 Å². The third kappa shape index (κ3) is 8.11. The van der Waals surface area contributed by atoms with Crippen LogP contribution in [0, 0.1) is 0 Å². The fourth-order valence-electron chi connectivity index (χ4n) is 4.20. The maximum Gasteiger partial charge on any atom is 0.264 e. The zero-order valence-electron chi connectivity index (χ0n) is 21.4. The molecule has 0 aliphatic heterocycles. The first-order chi connectivity index (χ1) is 18.9. The predicted octanol–water partition coefficient (Wildman–Crippen LogP) is 3.25. The molecule has 10 nitrogen and oxygen atoms in total. The third-order valence-electron chi connectivity index (χ3n) is 6.18. The summed E-state index contributed by atoms with van der Waals surface area (Å²) in [7, 11) is -4.01. The van der Waals surface area contributed by atoms with Gasteiger partial charge in [0.2, 0.25) is 0 Å². The van der Waals surface area contributed by atoms with Gasteiger partial charge < -0.3 is 10.1 Å². The van der Waals surface area contributed by atoms with E-state index in [2.05, 4.69) is 20.8 Å². The number of sulfonamides is 1. The van der Waals surface area contributed by atoms with Gasteiger partial charge in [0, 0.05) is 12.2 Å². The van der Waals surface area contributed by atoms with Gasteiger partial charge in [0.1, 0.15) is 12.3 Å². The Hall–Kier alpha value is -4.25. The van der Waals surface area contributed by atoms with Crippen LogP contribution in [-0.4, -0.2) is 50.6 Å². The second-order valence-electron chi connectivity index (χ2n) is 9.09. The smallest absolute Gasteiger partial charge is 0.264 e. The lowest BCUT2D eigenvalue weighted by Crippen LogP contribution is -2.39. The fraction of sp³-hybridized carbons (Fsp3) is 0.286. The minimum atomic E-state index is -4.01. The van der Waals surface area contributed by atoms with E-state index in [-0.39, 0.29) is 29.1 Å². The largest absolute Gasteiger partial charge is 0.484 e. The molecule has 1 aromatic heterocycles. The zero-order valence-corrected chi connectivity index (χ0v) is 22.2. The van der Waals surface area contributed by atoms with Gasteiger partial charge in [-0.1, -0.05) is 37.5 Å². The van der Waals surface area contributed by atoms with Crippen molar-refractivity contribution in [1.29, 1.82) is 0 Å². The summed E-state index contributed by atoms with van der Waals surface area (Å²) in [5, 5.41) is 6.96. The molecule has 0 unspecified atom stereocenters. The lowest BCUT2D eigenvalue weighted by molar-refractivity contribution is -0.124. The number of nitrogens with one attached hydrogen (secondary N) is 2. The van der Waals surface area contributed by atoms with Crippen molar-refractivity contribution in [2.24, 2.45) is 5.10 Å². The van der Waals surface area contributed by atoms with Crippen LogP contribution in [0.5, 0.6) is 5.75 Å². The monoisotopic (exact) mass is 549 g/mol. The van der Waals surface area contributed by atoms with Gasteiger partial charge in [-0.05, 0) is 66.9 Å². The van der Waals surface area contributed by atoms with Crippen molar-refractivity contribution in [3.8, 4) is 5.75 Å². The SMILES string of the molecule is O=C(CN(c1cccnc1)S(=O)(=O)c1ccccc1)N/N=C\c1ccc(OCC(=O)NC2CCCCC2)cc1. The number of aromatic nitrogens is 1. The van der Waals surface area contributed by atoms with Crippen molar-refractivity contribution in [3.63, 3.8) is 0 Å². The molecule has 0 spiro atoms. The Morgan fingerprint density at radius 2 is 1.72 bits per heavy atom. The van der Waals surface area contributed by atoms with Gasteiger partial charge in [0.25, 0.3) is 21.8 Å². The molecule has 2 amide bonds. The number of benzene rings is 2. The number of hydrazone groups is 1. The predicted molar refractivity (Wildman–Crippen MR) is 148 cm³/mol. The molecular weight excluding hydrogens is 518 g/mol. The Labute approximate surface area is 228 Å². The number of nitrogens with zero attached hydrogens (tertiary/aromatic N) is 3. The molecule has 0 saturated heterocycles. The molecule has 2 N–H and O–H groups in total. The highest BCUT2D eigenvalue weighted by Crippen LogP contribution is 2.22. The zero-order chi connectivity index (χ0) is 27.5. The molecule has 1 saturated carbocycles. The number of amides is 2. The Morgan fingerprint density at radius 3 is 2.41 bits per heavy atom. The minimum absolute atomic E-state index is 0.0546. The van der Waals surface area contributed by atoms with Crippen LogP contribution in [0.3, 0.4) is 0 Å². The Bertz CT molecular complexity index is 1360. The van der Waals surface area contributed by atoms with Crippen molar-refractivity contribution < 1.29 is 22.7 Å². The summed E-state index contributed by atoms with van der Waals surface area (Å²) >= 11 is 0. The van der Waals surface area contributed by atoms with E-state index in [1.54, 1.807) is 54.6 Å². The molecule has 39 heavy (non-hydrogen) atoms. The molecule has 0 radical (unpaired) electrons. The van der Waals surface area contributed by atoms with Gasteiger partial charge in [-0.25, -0.2) is 13.8 Å². The molecule has 1 aliphatic carbocycles. The topological polar surface area (TPSA) is 130 Å². The van der Waals surface area contributed by atoms with E-state index < -0.39 is 22.5 Å². The van der Waals surface area contributed by atoms with E-state index in [0.717, 1.165) is 30.0 Å². The summed E-state index contributed by atoms with van der Waals surface area (Å²) in [6, 6.07) is 18.1. The molecule has 1 aliphatic rings. The number of carbonyl (C=O) groups excluding carboxylic acids is 2. The quantitative estimate of drug-likeness (QED) is 0.279. The molecule has 204 valence electrons. The number of hydrogen-bond acceptors (Lipinski definition) is 7. The summed E-state index contributed by atoms with van der Waals surface area (Å²) in [5.41, 5.74) is 3.30. The summed E-state index contributed by atoms with van der Waals surface area (Å²) in [6.07, 6.45) is 9.86. The van der Waals surface area contributed by atoms with Crippen LogP contribution in [0.15, 0.2) is 89.1 Å². The van der Waals surface area contributed by atoms with Crippen molar-refractivity contribution in [1.82, 2.24) is 15.7 Å². The Kier molecular flexibility index (Phi) is 9.63. The Morgan fingerprint density at radius 1 is 0.974 bits per heavy atom. The maximum absolute atomic E-state index is 13.2. The van der Waals surface area contributed by atoms with E-state index in [0.29, 0.717) is 11.3 Å². The lowest BCUT2D eigenvalue weighted by Gasteiger charge is -2.23. The average Bonchev–Trinajstić information content (AvgIpc) is 2.97. The first-order valence-corrected chi connectivity index (χ1v) is 14.2. The number of anilines is 1. The Balaban J connectivity index is 1.30. The fourth-order valence-corrected chi connectivity index (χ4v) is 5.62. The summed E-state index contributed by atoms with van der Waals surface area (Å²) < 4.78 is 33.0. The summed E-state index contributed by atoms with van der Waals surface area (Å²) in [6.45, 7) is -0.546. The van der Waals surface area contributed by atoms with Crippen LogP contribution in [0.4, 0.5) is 5.69 Å². The van der Waals surface area contributed by atoms with Crippen LogP contribution in [0.1, 0.15) is 37.7 Å². The highest BCUT2D eigenvalue weighted by molar-refractivity contribution is 7.92. The van der Waals surface area contributed by atoms with Crippen molar-refractivity contribution >= 4 is 33.7 Å². The lowest BCUT2D eigenvalue weighted by atomic mass is 9.95. The highest BCUT2D eigenvalue weighted by atomic mass is 32.2. The molecule has 2 aromatic carbocycles. The first-order valence-electron chi connectivity index (χ1n) is 12.7. The van der Waals surface area contributed by atoms with Crippen LogP contribution < -0.4 is 19.8 Å². The number of rotatable bonds is 11. The van der Waals surface area contributed by atoms with E-state index in [1.165, 1.54) is 37.2 Å². The summed E-state index contributed by atoms with van der Waals surface area (Å²) in [5.74, 6) is -0.225. The van der Waals surface area contributed by atoms with Gasteiger partial charge >= 0.3 is 0 Å². The van der Waals surface area contributed by atoms with Crippen LogP contribution in [-0.2, 0) is 19.6 Å². The number of hydrogen-bond donors (Lipinski definition) is 2. The van der Waals surface area contributed by atoms with E-state index in [4.69, 9.17) is 4.74 Å². The van der Waals surface area contributed by atoms with E-state index >= 15 is 0 Å². The van der Waals surface area contributed by atoms with Crippen LogP contribution >= 0.6 is 0 Å². The average molecular weight is 550 g/mol. The molecule has 4 rings (SSSR count). The molecular formula is C28H31N5O5S. The normalized spacial score (nSPS) is 14.1. The van der Waals surface area contributed by atoms with Crippen molar-refractivity contribution in [2.75, 3.05) is 17.5 Å². The van der Waals surface area contributed by atoms with E-state index in [9.17, 15) is 18.0 Å². The second kappa shape index (κ2) is 13.5. The summed E-state index contributed by atoms with van der Waals surface area (Å²) in [4.78, 5) is 28.8. The maximum atomic E-state index is 13.2. The number of pyridine rings is 1. The standard InChI is InChI=1S/C28H31N5O5S/c34-27(20-33(24-10-7-17-29-19-24)39(36,37)26-11-5-2-6-12-26)32-30-18-22-13-15-25(16-14-22)38-21-28(35)31-23-8-3-1-4-9-23/h2,5-7,10-19,23H,1,3-4,8-9,20-21H2,(H,31,35)(H,32,34)/b30-18-. The molecule has 3 aromatic rings. The molecule has 11 heteroatoms. The van der Waals surface area contributed by atoms with Crippen LogP contribution in [0.2, 0.25) is 0 Å².